The molecule has 100 valence electrons. The first-order valence-electron chi connectivity index (χ1n) is 5.40. The van der Waals surface area contributed by atoms with E-state index < -0.39 is 6.10 Å². The lowest BCUT2D eigenvalue weighted by atomic mass is 10.1. The Bertz CT molecular complexity index is 606. The van der Waals surface area contributed by atoms with Crippen LogP contribution >= 0.6 is 59.4 Å². The van der Waals surface area contributed by atoms with E-state index in [-0.39, 0.29) is 0 Å². The molecule has 0 aliphatic carbocycles. The minimum absolute atomic E-state index is 0.416. The molecule has 0 saturated carbocycles. The van der Waals surface area contributed by atoms with Crippen molar-refractivity contribution < 1.29 is 5.11 Å². The van der Waals surface area contributed by atoms with Crippen molar-refractivity contribution >= 4 is 59.4 Å². The Morgan fingerprint density at radius 2 is 1.89 bits per heavy atom. The smallest absolute Gasteiger partial charge is 0.101 e. The number of hydrogen-bond donors (Lipinski definition) is 1. The van der Waals surface area contributed by atoms with Gasteiger partial charge in [0.1, 0.15) is 6.10 Å². The molecule has 1 N–H and O–H groups in total. The van der Waals surface area contributed by atoms with Crippen molar-refractivity contribution in [2.24, 2.45) is 0 Å². The number of aromatic nitrogens is 1. The lowest BCUT2D eigenvalue weighted by molar-refractivity contribution is 0.173. The third kappa shape index (κ3) is 4.02. The molecule has 0 saturated heterocycles. The second-order valence-corrected chi connectivity index (χ2v) is 7.07. The van der Waals surface area contributed by atoms with Gasteiger partial charge in [-0.1, -0.05) is 33.6 Å². The zero-order valence-corrected chi connectivity index (χ0v) is 15.1. The summed E-state index contributed by atoms with van der Waals surface area (Å²) in [6.07, 6.45) is 1.37. The first-order chi connectivity index (χ1) is 8.97. The Kier molecular flexibility index (Phi) is 5.43. The summed E-state index contributed by atoms with van der Waals surface area (Å²) in [6, 6.07) is 7.46. The molecule has 0 amide bonds. The van der Waals surface area contributed by atoms with Crippen molar-refractivity contribution in [3.8, 4) is 0 Å². The van der Waals surface area contributed by atoms with Crippen LogP contribution in [0.15, 0.2) is 43.9 Å². The number of aliphatic hydroxyl groups excluding tert-OH is 1. The van der Waals surface area contributed by atoms with Crippen LogP contribution in [-0.2, 0) is 6.42 Å². The van der Waals surface area contributed by atoms with E-state index in [1.807, 2.05) is 24.3 Å². The summed E-state index contributed by atoms with van der Waals surface area (Å²) >= 11 is 16.2. The van der Waals surface area contributed by atoms with Crippen LogP contribution in [0.2, 0.25) is 5.02 Å². The van der Waals surface area contributed by atoms with Crippen molar-refractivity contribution in [3.63, 3.8) is 0 Å². The highest BCUT2D eigenvalue weighted by Crippen LogP contribution is 2.29. The van der Waals surface area contributed by atoms with Gasteiger partial charge in [-0.15, -0.1) is 0 Å². The van der Waals surface area contributed by atoms with Gasteiger partial charge in [-0.2, -0.15) is 0 Å². The van der Waals surface area contributed by atoms with Crippen LogP contribution in [0.1, 0.15) is 17.4 Å². The molecule has 19 heavy (non-hydrogen) atoms. The largest absolute Gasteiger partial charge is 0.386 e. The summed E-state index contributed by atoms with van der Waals surface area (Å²) < 4.78 is 2.54. The van der Waals surface area contributed by atoms with Crippen LogP contribution in [0.5, 0.6) is 0 Å². The Morgan fingerprint density at radius 3 is 2.53 bits per heavy atom. The van der Waals surface area contributed by atoms with E-state index in [9.17, 15) is 5.11 Å². The van der Waals surface area contributed by atoms with E-state index in [1.54, 1.807) is 6.20 Å². The second-order valence-electron chi connectivity index (χ2n) is 3.98. The highest BCUT2D eigenvalue weighted by atomic mass is 79.9. The van der Waals surface area contributed by atoms with Crippen molar-refractivity contribution in [2.45, 2.75) is 12.5 Å². The quantitative estimate of drug-likeness (QED) is 0.661. The first-order valence-corrected chi connectivity index (χ1v) is 8.16. The maximum absolute atomic E-state index is 10.3. The molecule has 2 aromatic rings. The Hall–Kier alpha value is 0.0600. The fraction of sp³-hybridized carbons (Fsp3) is 0.154. The number of rotatable bonds is 3. The van der Waals surface area contributed by atoms with E-state index >= 15 is 0 Å². The zero-order valence-electron chi connectivity index (χ0n) is 9.58. The standard InChI is InChI=1S/C13H9Br3ClNO/c14-8-2-1-7(11(17)5-8)3-12(19)13-10(16)4-9(15)6-18-13/h1-2,4-6,12,19H,3H2. The van der Waals surface area contributed by atoms with Crippen molar-refractivity contribution in [1.82, 2.24) is 4.98 Å². The lowest BCUT2D eigenvalue weighted by Gasteiger charge is -2.13. The van der Waals surface area contributed by atoms with Crippen LogP contribution in [-0.4, -0.2) is 10.1 Å². The van der Waals surface area contributed by atoms with Crippen LogP contribution in [0.3, 0.4) is 0 Å². The normalized spacial score (nSPS) is 12.5. The third-order valence-corrected chi connectivity index (χ3v) is 4.49. The van der Waals surface area contributed by atoms with Gasteiger partial charge >= 0.3 is 0 Å². The number of halogens is 4. The summed E-state index contributed by atoms with van der Waals surface area (Å²) in [7, 11) is 0. The van der Waals surface area contributed by atoms with Gasteiger partial charge in [0.05, 0.1) is 5.69 Å². The minimum Gasteiger partial charge on any atom is -0.386 e. The zero-order chi connectivity index (χ0) is 14.0. The van der Waals surface area contributed by atoms with Crippen molar-refractivity contribution in [1.29, 1.82) is 0 Å². The van der Waals surface area contributed by atoms with E-state index in [0.717, 1.165) is 19.0 Å². The Balaban J connectivity index is 2.23. The maximum atomic E-state index is 10.3. The number of benzene rings is 1. The van der Waals surface area contributed by atoms with Crippen molar-refractivity contribution in [2.75, 3.05) is 0 Å². The average Bonchev–Trinajstić information content (AvgIpc) is 2.32. The molecule has 1 aromatic carbocycles. The monoisotopic (exact) mass is 467 g/mol. The van der Waals surface area contributed by atoms with Gasteiger partial charge in [0.15, 0.2) is 0 Å². The lowest BCUT2D eigenvalue weighted by Crippen LogP contribution is -2.05. The Morgan fingerprint density at radius 1 is 1.16 bits per heavy atom. The molecule has 1 aromatic heterocycles. The van der Waals surface area contributed by atoms with E-state index in [0.29, 0.717) is 17.1 Å². The summed E-state index contributed by atoms with van der Waals surface area (Å²) in [4.78, 5) is 4.23. The minimum atomic E-state index is -0.707. The molecule has 2 rings (SSSR count). The van der Waals surface area contributed by atoms with Gasteiger partial charge in [-0.25, -0.2) is 0 Å². The predicted octanol–water partition coefficient (Wildman–Crippen LogP) is 5.30. The molecule has 0 radical (unpaired) electrons. The molecule has 6 heteroatoms. The fourth-order valence-corrected chi connectivity index (χ4v) is 3.66. The topological polar surface area (TPSA) is 33.1 Å². The number of hydrogen-bond acceptors (Lipinski definition) is 2. The maximum Gasteiger partial charge on any atom is 0.101 e. The van der Waals surface area contributed by atoms with E-state index in [2.05, 4.69) is 52.8 Å². The number of nitrogens with zero attached hydrogens (tertiary/aromatic N) is 1. The predicted molar refractivity (Wildman–Crippen MR) is 87.5 cm³/mol. The van der Waals surface area contributed by atoms with Gasteiger partial charge in [0.2, 0.25) is 0 Å². The average molecular weight is 470 g/mol. The molecule has 0 aliphatic heterocycles. The van der Waals surface area contributed by atoms with E-state index in [4.69, 9.17) is 11.6 Å². The molecule has 1 unspecified atom stereocenters. The highest BCUT2D eigenvalue weighted by Gasteiger charge is 2.15. The molecular weight excluding hydrogens is 461 g/mol. The van der Waals surface area contributed by atoms with Gasteiger partial charge in [-0.05, 0) is 55.6 Å². The van der Waals surface area contributed by atoms with Crippen LogP contribution < -0.4 is 0 Å². The van der Waals surface area contributed by atoms with Gasteiger partial charge in [0, 0.05) is 31.1 Å². The summed E-state index contributed by atoms with van der Waals surface area (Å²) in [5.41, 5.74) is 1.48. The summed E-state index contributed by atoms with van der Waals surface area (Å²) in [5, 5.41) is 10.9. The molecule has 0 fully saturated rings. The second kappa shape index (κ2) is 6.68. The number of pyridine rings is 1. The fourth-order valence-electron chi connectivity index (χ4n) is 1.66. The van der Waals surface area contributed by atoms with Crippen LogP contribution in [0, 0.1) is 0 Å². The van der Waals surface area contributed by atoms with Crippen molar-refractivity contribution in [3.05, 3.63) is 60.2 Å². The molecule has 2 nitrogen and oxygen atoms in total. The highest BCUT2D eigenvalue weighted by molar-refractivity contribution is 9.11. The van der Waals surface area contributed by atoms with E-state index in [1.165, 1.54) is 0 Å². The third-order valence-electron chi connectivity index (χ3n) is 2.58. The molecule has 0 spiro atoms. The first kappa shape index (κ1) is 15.4. The molecule has 0 aliphatic rings. The summed E-state index contributed by atoms with van der Waals surface area (Å²) in [6.45, 7) is 0. The number of aliphatic hydroxyl groups is 1. The summed E-state index contributed by atoms with van der Waals surface area (Å²) in [5.74, 6) is 0. The van der Waals surface area contributed by atoms with Gasteiger partial charge in [-0.3, -0.25) is 4.98 Å². The molecule has 1 atom stereocenters. The molecule has 1 heterocycles. The van der Waals surface area contributed by atoms with Gasteiger partial charge < -0.3 is 5.11 Å². The molecule has 0 bridgehead atoms. The van der Waals surface area contributed by atoms with Gasteiger partial charge in [0.25, 0.3) is 0 Å². The molecular formula is C13H9Br3ClNO. The SMILES string of the molecule is OC(Cc1ccc(Br)cc1Cl)c1ncc(Br)cc1Br. The van der Waals surface area contributed by atoms with Crippen LogP contribution in [0.25, 0.3) is 0 Å². The van der Waals surface area contributed by atoms with Crippen LogP contribution in [0.4, 0.5) is 0 Å². The Labute approximate surface area is 141 Å².